The zero-order valence-electron chi connectivity index (χ0n) is 10.6. The Bertz CT molecular complexity index is 204. The fraction of sp³-hybridized carbons (Fsp3) is 1.00. The Morgan fingerprint density at radius 1 is 1.25 bits per heavy atom. The zero-order valence-corrected chi connectivity index (χ0v) is 10.6. The standard InChI is InChI=1S/C13H25NO2/c1-10-4-3-5-11(8-10)12(14-2)9-13-15-6-7-16-13/h10-14H,3-9H2,1-2H3. The molecule has 3 atom stereocenters. The van der Waals surface area contributed by atoms with Gasteiger partial charge >= 0.3 is 0 Å². The first kappa shape index (κ1) is 12.3. The Morgan fingerprint density at radius 3 is 2.62 bits per heavy atom. The first-order valence-electron chi connectivity index (χ1n) is 6.70. The van der Waals surface area contributed by atoms with E-state index in [1.807, 2.05) is 0 Å². The summed E-state index contributed by atoms with van der Waals surface area (Å²) in [5.41, 5.74) is 0. The van der Waals surface area contributed by atoms with E-state index in [4.69, 9.17) is 9.47 Å². The van der Waals surface area contributed by atoms with Crippen molar-refractivity contribution in [2.75, 3.05) is 20.3 Å². The van der Waals surface area contributed by atoms with Crippen molar-refractivity contribution in [3.05, 3.63) is 0 Å². The lowest BCUT2D eigenvalue weighted by atomic mass is 9.77. The number of nitrogens with one attached hydrogen (secondary N) is 1. The van der Waals surface area contributed by atoms with Crippen molar-refractivity contribution in [2.45, 2.75) is 51.4 Å². The maximum absolute atomic E-state index is 5.54. The van der Waals surface area contributed by atoms with Gasteiger partial charge in [-0.1, -0.05) is 19.8 Å². The molecular weight excluding hydrogens is 202 g/mol. The third-order valence-corrected chi connectivity index (χ3v) is 4.05. The Balaban J connectivity index is 1.82. The molecule has 3 unspecified atom stereocenters. The van der Waals surface area contributed by atoms with E-state index in [2.05, 4.69) is 19.3 Å². The molecule has 16 heavy (non-hydrogen) atoms. The third-order valence-electron chi connectivity index (χ3n) is 4.05. The van der Waals surface area contributed by atoms with Crippen LogP contribution in [0.4, 0.5) is 0 Å². The van der Waals surface area contributed by atoms with Gasteiger partial charge in [-0.3, -0.25) is 0 Å². The van der Waals surface area contributed by atoms with Crippen molar-refractivity contribution in [3.8, 4) is 0 Å². The average Bonchev–Trinajstić information content (AvgIpc) is 2.78. The van der Waals surface area contributed by atoms with Gasteiger partial charge in [0.15, 0.2) is 6.29 Å². The second kappa shape index (κ2) is 5.99. The van der Waals surface area contributed by atoms with Gasteiger partial charge < -0.3 is 14.8 Å². The molecule has 3 heteroatoms. The predicted octanol–water partition coefficient (Wildman–Crippen LogP) is 2.16. The second-order valence-corrected chi connectivity index (χ2v) is 5.33. The molecule has 0 aromatic rings. The summed E-state index contributed by atoms with van der Waals surface area (Å²) in [5, 5.41) is 3.46. The molecule has 1 N–H and O–H groups in total. The highest BCUT2D eigenvalue weighted by atomic mass is 16.7. The van der Waals surface area contributed by atoms with Crippen LogP contribution in [0.1, 0.15) is 39.0 Å². The highest BCUT2D eigenvalue weighted by Gasteiger charge is 2.29. The monoisotopic (exact) mass is 227 g/mol. The topological polar surface area (TPSA) is 30.5 Å². The van der Waals surface area contributed by atoms with Crippen LogP contribution in [0.5, 0.6) is 0 Å². The quantitative estimate of drug-likeness (QED) is 0.798. The highest BCUT2D eigenvalue weighted by molar-refractivity contribution is 4.81. The molecule has 0 spiro atoms. The number of hydrogen-bond donors (Lipinski definition) is 1. The summed E-state index contributed by atoms with van der Waals surface area (Å²) in [4.78, 5) is 0. The molecule has 94 valence electrons. The van der Waals surface area contributed by atoms with Crippen LogP contribution in [0.2, 0.25) is 0 Å². The molecule has 2 aliphatic rings. The van der Waals surface area contributed by atoms with Crippen molar-refractivity contribution in [2.24, 2.45) is 11.8 Å². The van der Waals surface area contributed by atoms with E-state index >= 15 is 0 Å². The van der Waals surface area contributed by atoms with Crippen molar-refractivity contribution in [1.82, 2.24) is 5.32 Å². The lowest BCUT2D eigenvalue weighted by Crippen LogP contribution is -2.39. The van der Waals surface area contributed by atoms with Crippen molar-refractivity contribution >= 4 is 0 Å². The van der Waals surface area contributed by atoms with Gasteiger partial charge in [-0.2, -0.15) is 0 Å². The second-order valence-electron chi connectivity index (χ2n) is 5.33. The molecule has 2 rings (SSSR count). The van der Waals surface area contributed by atoms with Crippen molar-refractivity contribution in [3.63, 3.8) is 0 Å². The Morgan fingerprint density at radius 2 is 2.00 bits per heavy atom. The van der Waals surface area contributed by atoms with Gasteiger partial charge in [0, 0.05) is 12.5 Å². The predicted molar refractivity (Wildman–Crippen MR) is 64.3 cm³/mol. The van der Waals surface area contributed by atoms with Gasteiger partial charge in [0.1, 0.15) is 0 Å². The minimum absolute atomic E-state index is 0.0367. The Kier molecular flexibility index (Phi) is 4.62. The van der Waals surface area contributed by atoms with Gasteiger partial charge in [0.05, 0.1) is 13.2 Å². The fourth-order valence-corrected chi connectivity index (χ4v) is 3.14. The molecule has 1 saturated heterocycles. The largest absolute Gasteiger partial charge is 0.350 e. The van der Waals surface area contributed by atoms with E-state index in [0.29, 0.717) is 6.04 Å². The molecule has 0 amide bonds. The molecule has 0 aromatic heterocycles. The van der Waals surface area contributed by atoms with Crippen molar-refractivity contribution in [1.29, 1.82) is 0 Å². The molecule has 1 aliphatic carbocycles. The molecule has 3 nitrogen and oxygen atoms in total. The van der Waals surface area contributed by atoms with Crippen LogP contribution in [-0.4, -0.2) is 32.6 Å². The molecule has 0 bridgehead atoms. The normalized spacial score (nSPS) is 34.1. The molecule has 1 saturated carbocycles. The van der Waals surface area contributed by atoms with Crippen LogP contribution in [-0.2, 0) is 9.47 Å². The smallest absolute Gasteiger partial charge is 0.159 e. The van der Waals surface area contributed by atoms with Crippen LogP contribution in [0.25, 0.3) is 0 Å². The third kappa shape index (κ3) is 3.19. The first-order valence-corrected chi connectivity index (χ1v) is 6.70. The summed E-state index contributed by atoms with van der Waals surface area (Å²) in [6, 6.07) is 0.561. The summed E-state index contributed by atoms with van der Waals surface area (Å²) in [6.45, 7) is 3.91. The minimum atomic E-state index is 0.0367. The highest BCUT2D eigenvalue weighted by Crippen LogP contribution is 2.32. The van der Waals surface area contributed by atoms with E-state index in [9.17, 15) is 0 Å². The van der Waals surface area contributed by atoms with E-state index in [0.717, 1.165) is 31.5 Å². The van der Waals surface area contributed by atoms with Crippen LogP contribution in [0.3, 0.4) is 0 Å². The van der Waals surface area contributed by atoms with Crippen LogP contribution < -0.4 is 5.32 Å². The van der Waals surface area contributed by atoms with Gasteiger partial charge in [-0.25, -0.2) is 0 Å². The lowest BCUT2D eigenvalue weighted by Gasteiger charge is -2.34. The minimum Gasteiger partial charge on any atom is -0.350 e. The van der Waals surface area contributed by atoms with Gasteiger partial charge in [0.2, 0.25) is 0 Å². The Labute approximate surface area is 98.9 Å². The molecule has 2 fully saturated rings. The first-order chi connectivity index (χ1) is 7.79. The van der Waals surface area contributed by atoms with Gasteiger partial charge in [-0.15, -0.1) is 0 Å². The average molecular weight is 227 g/mol. The number of ether oxygens (including phenoxy) is 2. The summed E-state index contributed by atoms with van der Waals surface area (Å²) < 4.78 is 11.1. The molecular formula is C13H25NO2. The van der Waals surface area contributed by atoms with E-state index < -0.39 is 0 Å². The summed E-state index contributed by atoms with van der Waals surface area (Å²) >= 11 is 0. The zero-order chi connectivity index (χ0) is 11.4. The maximum Gasteiger partial charge on any atom is 0.159 e. The van der Waals surface area contributed by atoms with Gasteiger partial charge in [-0.05, 0) is 31.7 Å². The van der Waals surface area contributed by atoms with E-state index in [1.165, 1.54) is 25.7 Å². The van der Waals surface area contributed by atoms with Gasteiger partial charge in [0.25, 0.3) is 0 Å². The van der Waals surface area contributed by atoms with E-state index in [-0.39, 0.29) is 6.29 Å². The Hall–Kier alpha value is -0.120. The van der Waals surface area contributed by atoms with Crippen LogP contribution >= 0.6 is 0 Å². The van der Waals surface area contributed by atoms with Crippen LogP contribution in [0.15, 0.2) is 0 Å². The lowest BCUT2D eigenvalue weighted by molar-refractivity contribution is -0.0576. The summed E-state index contributed by atoms with van der Waals surface area (Å²) in [5.74, 6) is 1.70. The maximum atomic E-state index is 5.54. The van der Waals surface area contributed by atoms with Crippen LogP contribution in [0, 0.1) is 11.8 Å². The molecule has 1 heterocycles. The molecule has 1 aliphatic heterocycles. The summed E-state index contributed by atoms with van der Waals surface area (Å²) in [7, 11) is 2.07. The molecule has 0 aromatic carbocycles. The SMILES string of the molecule is CNC(CC1OCCO1)C1CCCC(C)C1. The fourth-order valence-electron chi connectivity index (χ4n) is 3.14. The number of rotatable bonds is 4. The number of hydrogen-bond acceptors (Lipinski definition) is 3. The summed E-state index contributed by atoms with van der Waals surface area (Å²) in [6.07, 6.45) is 6.56. The molecule has 0 radical (unpaired) electrons. The van der Waals surface area contributed by atoms with Crippen molar-refractivity contribution < 1.29 is 9.47 Å². The van der Waals surface area contributed by atoms with E-state index in [1.54, 1.807) is 0 Å².